The minimum absolute atomic E-state index is 0.0213. The third-order valence-electron chi connectivity index (χ3n) is 3.37. The SMILES string of the molecule is COC1(C2CNCCO2)CCCC1. The van der Waals surface area contributed by atoms with Gasteiger partial charge in [0.2, 0.25) is 0 Å². The number of nitrogens with one attached hydrogen (secondary N) is 1. The van der Waals surface area contributed by atoms with E-state index in [-0.39, 0.29) is 11.7 Å². The second-order valence-corrected chi connectivity index (χ2v) is 4.04. The third-order valence-corrected chi connectivity index (χ3v) is 3.37. The van der Waals surface area contributed by atoms with Gasteiger partial charge in [-0.1, -0.05) is 12.8 Å². The van der Waals surface area contributed by atoms with Gasteiger partial charge < -0.3 is 14.8 Å². The maximum atomic E-state index is 5.77. The molecule has 0 bridgehead atoms. The predicted molar refractivity (Wildman–Crippen MR) is 50.8 cm³/mol. The molecule has 1 aliphatic carbocycles. The molecule has 0 aromatic rings. The molecule has 1 saturated heterocycles. The Bertz CT molecular complexity index is 160. The fourth-order valence-corrected chi connectivity index (χ4v) is 2.53. The molecule has 2 rings (SSSR count). The van der Waals surface area contributed by atoms with E-state index in [9.17, 15) is 0 Å². The lowest BCUT2D eigenvalue weighted by Gasteiger charge is -2.38. The molecule has 13 heavy (non-hydrogen) atoms. The fourth-order valence-electron chi connectivity index (χ4n) is 2.53. The molecule has 0 spiro atoms. The van der Waals surface area contributed by atoms with Crippen LogP contribution in [0.2, 0.25) is 0 Å². The Kier molecular flexibility index (Phi) is 2.86. The summed E-state index contributed by atoms with van der Waals surface area (Å²) in [6.45, 7) is 2.76. The number of hydrogen-bond donors (Lipinski definition) is 1. The number of methoxy groups -OCH3 is 1. The van der Waals surface area contributed by atoms with Crippen molar-refractivity contribution >= 4 is 0 Å². The molecule has 0 aromatic carbocycles. The fraction of sp³-hybridized carbons (Fsp3) is 1.00. The van der Waals surface area contributed by atoms with Gasteiger partial charge in [-0.25, -0.2) is 0 Å². The maximum absolute atomic E-state index is 5.77. The van der Waals surface area contributed by atoms with Crippen LogP contribution in [0.5, 0.6) is 0 Å². The van der Waals surface area contributed by atoms with Gasteiger partial charge in [-0.3, -0.25) is 0 Å². The van der Waals surface area contributed by atoms with Crippen molar-refractivity contribution in [1.82, 2.24) is 5.32 Å². The van der Waals surface area contributed by atoms with E-state index in [1.165, 1.54) is 12.8 Å². The summed E-state index contributed by atoms with van der Waals surface area (Å²) in [4.78, 5) is 0. The highest BCUT2D eigenvalue weighted by Crippen LogP contribution is 2.37. The summed E-state index contributed by atoms with van der Waals surface area (Å²) in [5.74, 6) is 0. The Morgan fingerprint density at radius 3 is 2.69 bits per heavy atom. The lowest BCUT2D eigenvalue weighted by molar-refractivity contribution is -0.134. The van der Waals surface area contributed by atoms with E-state index in [0.29, 0.717) is 0 Å². The molecule has 2 aliphatic rings. The molecule has 1 aliphatic heterocycles. The molecule has 1 heterocycles. The second kappa shape index (κ2) is 3.95. The Morgan fingerprint density at radius 1 is 1.38 bits per heavy atom. The average Bonchev–Trinajstić information content (AvgIpc) is 2.69. The minimum Gasteiger partial charge on any atom is -0.375 e. The summed E-state index contributed by atoms with van der Waals surface area (Å²) < 4.78 is 11.4. The van der Waals surface area contributed by atoms with Gasteiger partial charge in [0, 0.05) is 20.2 Å². The van der Waals surface area contributed by atoms with Crippen LogP contribution < -0.4 is 5.32 Å². The van der Waals surface area contributed by atoms with E-state index < -0.39 is 0 Å². The van der Waals surface area contributed by atoms with Gasteiger partial charge in [0.1, 0.15) is 0 Å². The first kappa shape index (κ1) is 9.44. The first-order valence-electron chi connectivity index (χ1n) is 5.25. The standard InChI is InChI=1S/C10H19NO2/c1-12-10(4-2-3-5-10)9-8-11-6-7-13-9/h9,11H,2-8H2,1H3. The third kappa shape index (κ3) is 1.73. The van der Waals surface area contributed by atoms with Crippen molar-refractivity contribution in [2.45, 2.75) is 37.4 Å². The average molecular weight is 185 g/mol. The summed E-state index contributed by atoms with van der Waals surface area (Å²) in [7, 11) is 1.82. The highest BCUT2D eigenvalue weighted by Gasteiger charge is 2.42. The highest BCUT2D eigenvalue weighted by atomic mass is 16.5. The predicted octanol–water partition coefficient (Wildman–Crippen LogP) is 0.934. The van der Waals surface area contributed by atoms with Crippen molar-refractivity contribution in [3.05, 3.63) is 0 Å². The Labute approximate surface area is 79.8 Å². The van der Waals surface area contributed by atoms with E-state index in [1.807, 2.05) is 7.11 Å². The lowest BCUT2D eigenvalue weighted by atomic mass is 9.93. The number of morpholine rings is 1. The van der Waals surface area contributed by atoms with Gasteiger partial charge in [-0.15, -0.1) is 0 Å². The molecule has 3 heteroatoms. The van der Waals surface area contributed by atoms with Crippen LogP contribution >= 0.6 is 0 Å². The first-order valence-corrected chi connectivity index (χ1v) is 5.25. The van der Waals surface area contributed by atoms with Crippen LogP contribution in [0.25, 0.3) is 0 Å². The van der Waals surface area contributed by atoms with Crippen molar-refractivity contribution in [3.8, 4) is 0 Å². The first-order chi connectivity index (χ1) is 6.37. The van der Waals surface area contributed by atoms with Gasteiger partial charge >= 0.3 is 0 Å². The van der Waals surface area contributed by atoms with Crippen LogP contribution in [0, 0.1) is 0 Å². The molecule has 76 valence electrons. The summed E-state index contributed by atoms with van der Waals surface area (Å²) in [5.41, 5.74) is 0.0213. The van der Waals surface area contributed by atoms with Crippen molar-refractivity contribution in [1.29, 1.82) is 0 Å². The molecule has 1 N–H and O–H groups in total. The van der Waals surface area contributed by atoms with Gasteiger partial charge in [0.15, 0.2) is 0 Å². The second-order valence-electron chi connectivity index (χ2n) is 4.04. The Hall–Kier alpha value is -0.120. The minimum atomic E-state index is 0.0213. The summed E-state index contributed by atoms with van der Waals surface area (Å²) in [5, 5.41) is 3.37. The molecule has 0 aromatic heterocycles. The molecule has 1 atom stereocenters. The largest absolute Gasteiger partial charge is 0.375 e. The van der Waals surface area contributed by atoms with Crippen LogP contribution in [-0.2, 0) is 9.47 Å². The van der Waals surface area contributed by atoms with Crippen molar-refractivity contribution in [2.75, 3.05) is 26.8 Å². The van der Waals surface area contributed by atoms with E-state index in [2.05, 4.69) is 5.32 Å². The van der Waals surface area contributed by atoms with Crippen LogP contribution in [-0.4, -0.2) is 38.5 Å². The quantitative estimate of drug-likeness (QED) is 0.694. The van der Waals surface area contributed by atoms with Gasteiger partial charge in [-0.2, -0.15) is 0 Å². The molecular weight excluding hydrogens is 166 g/mol. The van der Waals surface area contributed by atoms with E-state index in [0.717, 1.165) is 32.5 Å². The zero-order chi connectivity index (χ0) is 9.15. The van der Waals surface area contributed by atoms with Crippen LogP contribution in [0.15, 0.2) is 0 Å². The number of ether oxygens (including phenoxy) is 2. The molecular formula is C10H19NO2. The Balaban J connectivity index is 2.01. The monoisotopic (exact) mass is 185 g/mol. The highest BCUT2D eigenvalue weighted by molar-refractivity contribution is 4.95. The van der Waals surface area contributed by atoms with Gasteiger partial charge in [-0.05, 0) is 12.8 Å². The Morgan fingerprint density at radius 2 is 2.15 bits per heavy atom. The van der Waals surface area contributed by atoms with E-state index in [1.54, 1.807) is 0 Å². The summed E-state index contributed by atoms with van der Waals surface area (Å²) >= 11 is 0. The topological polar surface area (TPSA) is 30.5 Å². The normalized spacial score (nSPS) is 33.5. The summed E-state index contributed by atoms with van der Waals surface area (Å²) in [6.07, 6.45) is 5.17. The van der Waals surface area contributed by atoms with Crippen LogP contribution in [0.1, 0.15) is 25.7 Å². The zero-order valence-corrected chi connectivity index (χ0v) is 8.34. The molecule has 1 saturated carbocycles. The van der Waals surface area contributed by atoms with Gasteiger partial charge in [0.05, 0.1) is 18.3 Å². The summed E-state index contributed by atoms with van der Waals surface area (Å²) in [6, 6.07) is 0. The van der Waals surface area contributed by atoms with Crippen molar-refractivity contribution in [2.24, 2.45) is 0 Å². The molecule has 3 nitrogen and oxygen atoms in total. The number of hydrogen-bond acceptors (Lipinski definition) is 3. The lowest BCUT2D eigenvalue weighted by Crippen LogP contribution is -2.52. The maximum Gasteiger partial charge on any atom is 0.0989 e. The molecule has 1 unspecified atom stereocenters. The smallest absolute Gasteiger partial charge is 0.0989 e. The van der Waals surface area contributed by atoms with E-state index in [4.69, 9.17) is 9.47 Å². The zero-order valence-electron chi connectivity index (χ0n) is 8.34. The van der Waals surface area contributed by atoms with Crippen molar-refractivity contribution < 1.29 is 9.47 Å². The van der Waals surface area contributed by atoms with E-state index >= 15 is 0 Å². The van der Waals surface area contributed by atoms with Crippen molar-refractivity contribution in [3.63, 3.8) is 0 Å². The molecule has 2 fully saturated rings. The van der Waals surface area contributed by atoms with Crippen LogP contribution in [0.4, 0.5) is 0 Å². The number of rotatable bonds is 2. The molecule has 0 radical (unpaired) electrons. The van der Waals surface area contributed by atoms with Crippen LogP contribution in [0.3, 0.4) is 0 Å². The molecule has 0 amide bonds. The van der Waals surface area contributed by atoms with Gasteiger partial charge in [0.25, 0.3) is 0 Å².